The van der Waals surface area contributed by atoms with Gasteiger partial charge in [-0.25, -0.2) is 3.21 Å². The minimum atomic E-state index is -5.58. The molecule has 1 aromatic carbocycles. The first-order valence-corrected chi connectivity index (χ1v) is 19.9. The highest BCUT2D eigenvalue weighted by atomic mass is 127. The molecule has 6 atom stereocenters. The Bertz CT molecular complexity index is 1490. The van der Waals surface area contributed by atoms with Gasteiger partial charge in [-0.05, 0) is 23.8 Å². The first-order chi connectivity index (χ1) is 23.7. The van der Waals surface area contributed by atoms with Crippen molar-refractivity contribution in [2.24, 2.45) is 20.0 Å². The summed E-state index contributed by atoms with van der Waals surface area (Å²) in [7, 11) is -5.42. The average Bonchev–Trinajstić information content (AvgIpc) is 3.80. The second kappa shape index (κ2) is 17.9. The number of aliphatic imine (C=N–C) groups is 1. The van der Waals surface area contributed by atoms with Gasteiger partial charge in [0.2, 0.25) is 11.8 Å². The van der Waals surface area contributed by atoms with Crippen molar-refractivity contribution in [2.75, 3.05) is 46.5 Å². The molecular weight excluding hydrogens is 789 g/mol. The van der Waals surface area contributed by atoms with E-state index in [-0.39, 0.29) is 49.6 Å². The Balaban J connectivity index is 1.35. The van der Waals surface area contributed by atoms with Crippen molar-refractivity contribution >= 4 is 69.5 Å². The molecule has 1 saturated heterocycles. The maximum Gasteiger partial charge on any atom is 0.484 e. The van der Waals surface area contributed by atoms with Crippen molar-refractivity contribution < 1.29 is 53.0 Å². The fraction of sp³-hybridized carbons (Fsp3) is 0.600. The van der Waals surface area contributed by atoms with Gasteiger partial charge in [0, 0.05) is 73.9 Å². The summed E-state index contributed by atoms with van der Waals surface area (Å²) in [6.07, 6.45) is -1.22. The van der Waals surface area contributed by atoms with E-state index < -0.39 is 77.1 Å². The van der Waals surface area contributed by atoms with Crippen molar-refractivity contribution in [3.05, 3.63) is 35.9 Å². The predicted octanol–water partition coefficient (Wildman–Crippen LogP) is -1.50. The van der Waals surface area contributed by atoms with Gasteiger partial charge in [0.25, 0.3) is 5.91 Å². The molecule has 1 saturated carbocycles. The molecule has 276 valence electrons. The molecule has 0 radical (unpaired) electrons. The van der Waals surface area contributed by atoms with E-state index in [1.807, 2.05) is 35.2 Å². The summed E-state index contributed by atoms with van der Waals surface area (Å²) in [5.41, 5.74) is 0.241. The lowest BCUT2D eigenvalue weighted by atomic mass is 9.71. The summed E-state index contributed by atoms with van der Waals surface area (Å²) >= 11 is -0.714. The molecule has 0 bridgehead atoms. The summed E-state index contributed by atoms with van der Waals surface area (Å²) in [5, 5.41) is 25.3. The van der Waals surface area contributed by atoms with E-state index in [0.717, 1.165) is 12.7 Å². The van der Waals surface area contributed by atoms with Crippen LogP contribution < -0.4 is 20.8 Å². The maximum absolute atomic E-state index is 14.0. The first-order valence-electron chi connectivity index (χ1n) is 16.1. The molecule has 50 heavy (non-hydrogen) atoms. The number of hydrogen-bond acceptors (Lipinski definition) is 13. The maximum atomic E-state index is 14.0. The number of aliphatic hydroxyl groups excluding tert-OH is 1. The highest BCUT2D eigenvalue weighted by Crippen LogP contribution is 2.51. The highest BCUT2D eigenvalue weighted by molar-refractivity contribution is 14.2. The van der Waals surface area contributed by atoms with Gasteiger partial charge in [-0.15, -0.1) is 0 Å². The van der Waals surface area contributed by atoms with E-state index in [9.17, 15) is 38.9 Å². The molecule has 4 unspecified atom stereocenters. The number of rotatable bonds is 16. The Kier molecular flexibility index (Phi) is 14.4. The molecule has 1 aromatic rings. The van der Waals surface area contributed by atoms with Crippen LogP contribution in [0, 0.1) is 11.8 Å². The molecule has 20 heteroatoms. The smallest absolute Gasteiger partial charge is 0.484 e. The number of benzene rings is 1. The van der Waals surface area contributed by atoms with Crippen LogP contribution in [0.15, 0.2) is 38.5 Å². The molecule has 2 fully saturated rings. The minimum Gasteiger partial charge on any atom is -0.776 e. The van der Waals surface area contributed by atoms with Gasteiger partial charge >= 0.3 is 7.12 Å². The third-order valence-electron chi connectivity index (χ3n) is 8.85. The number of aliphatic hydroxyl groups is 2. The van der Waals surface area contributed by atoms with Crippen LogP contribution in [0.25, 0.3) is 0 Å². The molecule has 3 aliphatic rings. The Morgan fingerprint density at radius 1 is 1.24 bits per heavy atom. The number of carbonyl (C=O) groups is 3. The summed E-state index contributed by atoms with van der Waals surface area (Å²) < 4.78 is 34.5. The molecule has 0 spiro atoms. The highest BCUT2D eigenvalue weighted by Gasteiger charge is 2.66. The summed E-state index contributed by atoms with van der Waals surface area (Å²) in [6.45, 7) is 5.85. The van der Waals surface area contributed by atoms with E-state index in [0.29, 0.717) is 26.1 Å². The number of ether oxygens (including phenoxy) is 1. The molecule has 0 aromatic heterocycles. The van der Waals surface area contributed by atoms with Crippen molar-refractivity contribution in [3.8, 4) is 0 Å². The SMILES string of the molecule is COC(O)C(O)(CC(=O)NCCN1CCOB(C2(NC(=O)[C@@H](Cc3ccccc3)NC(=O)C3=NI=CN=C3)C[C@H]2C(C)C)OCC1)P(=O)([O-])O. The van der Waals surface area contributed by atoms with Crippen molar-refractivity contribution in [2.45, 2.75) is 56.2 Å². The molecule has 2 heterocycles. The van der Waals surface area contributed by atoms with Gasteiger partial charge in [0.15, 0.2) is 24.9 Å². The van der Waals surface area contributed by atoms with E-state index >= 15 is 0 Å². The van der Waals surface area contributed by atoms with Gasteiger partial charge < -0.3 is 54.6 Å². The van der Waals surface area contributed by atoms with Gasteiger partial charge in [0.05, 0.1) is 22.2 Å². The first kappa shape index (κ1) is 40.3. The quantitative estimate of drug-likeness (QED) is 0.0483. The molecule has 2 aliphatic heterocycles. The third kappa shape index (κ3) is 10.3. The fourth-order valence-corrected chi connectivity index (χ4v) is 7.76. The van der Waals surface area contributed by atoms with Crippen LogP contribution in [0.5, 0.6) is 0 Å². The van der Waals surface area contributed by atoms with Crippen LogP contribution in [0.3, 0.4) is 0 Å². The van der Waals surface area contributed by atoms with Crippen molar-refractivity contribution in [1.82, 2.24) is 20.9 Å². The van der Waals surface area contributed by atoms with Crippen LogP contribution in [0.4, 0.5) is 0 Å². The van der Waals surface area contributed by atoms with Gasteiger partial charge in [0.1, 0.15) is 6.04 Å². The minimum absolute atomic E-state index is 0.0538. The Morgan fingerprint density at radius 3 is 2.48 bits per heavy atom. The molecule has 6 N–H and O–H groups in total. The van der Waals surface area contributed by atoms with E-state index in [1.165, 1.54) is 6.21 Å². The lowest BCUT2D eigenvalue weighted by Crippen LogP contribution is -2.60. The van der Waals surface area contributed by atoms with E-state index in [1.54, 1.807) is 4.14 Å². The monoisotopic (exact) mass is 833 g/mol. The Hall–Kier alpha value is -2.46. The lowest BCUT2D eigenvalue weighted by molar-refractivity contribution is -0.241. The number of nitrogens with zero attached hydrogens (tertiary/aromatic N) is 3. The average molecular weight is 833 g/mol. The summed E-state index contributed by atoms with van der Waals surface area (Å²) in [5.74, 6) is -1.51. The topological polar surface area (TPSA) is 244 Å². The number of halogens is 1. The largest absolute Gasteiger partial charge is 0.776 e. The number of amides is 3. The molecule has 1 aliphatic carbocycles. The number of carbonyl (C=O) groups excluding carboxylic acids is 3. The normalized spacial score (nSPS) is 24.7. The van der Waals surface area contributed by atoms with Crippen LogP contribution in [-0.4, -0.2) is 131 Å². The van der Waals surface area contributed by atoms with E-state index in [2.05, 4.69) is 42.7 Å². The number of hydrogen-bond donors (Lipinski definition) is 6. The van der Waals surface area contributed by atoms with Crippen molar-refractivity contribution in [1.29, 1.82) is 0 Å². The van der Waals surface area contributed by atoms with Crippen LogP contribution in [0.2, 0.25) is 0 Å². The second-order valence-corrected chi connectivity index (χ2v) is 16.1. The third-order valence-corrected chi connectivity index (χ3v) is 11.6. The van der Waals surface area contributed by atoms with Gasteiger partial charge in [-0.2, -0.15) is 0 Å². The molecule has 4 rings (SSSR count). The zero-order valence-corrected chi connectivity index (χ0v) is 31.1. The Morgan fingerprint density at radius 2 is 1.92 bits per heavy atom. The van der Waals surface area contributed by atoms with Crippen LogP contribution >= 0.6 is 28.6 Å². The fourth-order valence-electron chi connectivity index (χ4n) is 5.96. The van der Waals surface area contributed by atoms with E-state index in [4.69, 9.17) is 9.31 Å². The second-order valence-electron chi connectivity index (χ2n) is 12.7. The van der Waals surface area contributed by atoms with Gasteiger partial charge in [-0.3, -0.25) is 24.3 Å². The zero-order chi connectivity index (χ0) is 36.5. The summed E-state index contributed by atoms with van der Waals surface area (Å²) in [4.78, 5) is 66.4. The molecule has 3 amide bonds. The van der Waals surface area contributed by atoms with Crippen molar-refractivity contribution in [3.63, 3.8) is 0 Å². The lowest BCUT2D eigenvalue weighted by Gasteiger charge is -2.38. The number of methoxy groups -OCH3 is 1. The molecular formula is C30H44BIN6O11P-. The zero-order valence-electron chi connectivity index (χ0n) is 28.1. The Labute approximate surface area is 301 Å². The number of nitrogens with one attached hydrogen (secondary N) is 3. The standard InChI is InChI=1S/C30H45BIN6O11P/c1-20(2)22-16-29(22,36-27(41)23(15-21-7-5-4-6-8-21)35-26(40)24-18-33-19-32-37-24)31-48-13-11-38(12-14-49-31)10-9-34-25(39)17-30(43,28(42)47-3)50(44,45)46/h4-8,18-20,22-23,28,42-43H,9-17H2,1-3H3,(H,34,39)(H,35,40)(H,36,41)(H2,44,45,46)/p-1/t22-,23+,28?,29?,30?/m0/s1. The van der Waals surface area contributed by atoms with Gasteiger partial charge in [-0.1, -0.05) is 44.2 Å². The van der Waals surface area contributed by atoms with Crippen LogP contribution in [-0.2, 0) is 39.4 Å². The van der Waals surface area contributed by atoms with Crippen LogP contribution in [0.1, 0.15) is 32.3 Å². The summed E-state index contributed by atoms with van der Waals surface area (Å²) in [6, 6.07) is 8.49. The molecule has 17 nitrogen and oxygen atoms in total. The predicted molar refractivity (Wildman–Crippen MR) is 191 cm³/mol.